The molecule has 4 unspecified atom stereocenters. The molecule has 1 aliphatic carbocycles. The molecule has 1 rings (SSSR count). The first-order valence-corrected chi connectivity index (χ1v) is 6.98. The van der Waals surface area contributed by atoms with Crippen LogP contribution in [0.5, 0.6) is 0 Å². The summed E-state index contributed by atoms with van der Waals surface area (Å²) in [5.74, 6) is 2.47. The molecule has 0 saturated heterocycles. The van der Waals surface area contributed by atoms with Gasteiger partial charge in [-0.05, 0) is 43.4 Å². The Morgan fingerprint density at radius 3 is 2.56 bits per heavy atom. The summed E-state index contributed by atoms with van der Waals surface area (Å²) in [4.78, 5) is 0. The molecule has 0 heterocycles. The van der Waals surface area contributed by atoms with Gasteiger partial charge in [0.05, 0.1) is 0 Å². The van der Waals surface area contributed by atoms with Gasteiger partial charge in [0.1, 0.15) is 0 Å². The van der Waals surface area contributed by atoms with E-state index in [0.29, 0.717) is 6.04 Å². The largest absolute Gasteiger partial charge is 0.381 e. The van der Waals surface area contributed by atoms with Crippen molar-refractivity contribution >= 4 is 0 Å². The quantitative estimate of drug-likeness (QED) is 0.707. The number of rotatable bonds is 6. The summed E-state index contributed by atoms with van der Waals surface area (Å²) < 4.78 is 5.51. The molecule has 0 aromatic rings. The van der Waals surface area contributed by atoms with E-state index in [4.69, 9.17) is 10.5 Å². The molecule has 0 amide bonds. The second-order valence-electron chi connectivity index (χ2n) is 5.59. The fourth-order valence-electron chi connectivity index (χ4n) is 2.68. The van der Waals surface area contributed by atoms with E-state index in [2.05, 4.69) is 20.8 Å². The second-order valence-corrected chi connectivity index (χ2v) is 5.59. The molecule has 0 bridgehead atoms. The maximum absolute atomic E-state index is 6.26. The molecule has 2 heteroatoms. The van der Waals surface area contributed by atoms with Crippen molar-refractivity contribution in [1.82, 2.24) is 0 Å². The lowest BCUT2D eigenvalue weighted by Gasteiger charge is -2.35. The average Bonchev–Trinajstić information content (AvgIpc) is 2.28. The van der Waals surface area contributed by atoms with Crippen molar-refractivity contribution < 1.29 is 4.74 Å². The summed E-state index contributed by atoms with van der Waals surface area (Å²) in [7, 11) is 0. The average molecular weight is 227 g/mol. The van der Waals surface area contributed by atoms with E-state index in [1.54, 1.807) is 0 Å². The van der Waals surface area contributed by atoms with E-state index in [-0.39, 0.29) is 0 Å². The van der Waals surface area contributed by atoms with Crippen molar-refractivity contribution in [1.29, 1.82) is 0 Å². The molecule has 0 aromatic heterocycles. The van der Waals surface area contributed by atoms with E-state index in [0.717, 1.165) is 43.8 Å². The van der Waals surface area contributed by atoms with Crippen LogP contribution in [0, 0.1) is 17.8 Å². The number of hydrogen-bond acceptors (Lipinski definition) is 2. The molecule has 0 aliphatic heterocycles. The zero-order chi connectivity index (χ0) is 12.0. The highest BCUT2D eigenvalue weighted by molar-refractivity contribution is 4.81. The van der Waals surface area contributed by atoms with Gasteiger partial charge in [-0.25, -0.2) is 0 Å². The molecule has 1 aliphatic rings. The fourth-order valence-corrected chi connectivity index (χ4v) is 2.68. The lowest BCUT2D eigenvalue weighted by Crippen LogP contribution is -2.36. The summed E-state index contributed by atoms with van der Waals surface area (Å²) in [6.07, 6.45) is 6.13. The first-order chi connectivity index (χ1) is 7.65. The Labute approximate surface area is 101 Å². The topological polar surface area (TPSA) is 35.2 Å². The minimum atomic E-state index is 0.354. The molecule has 1 fully saturated rings. The summed E-state index contributed by atoms with van der Waals surface area (Å²) in [5.41, 5.74) is 6.26. The third-order valence-corrected chi connectivity index (χ3v) is 4.19. The van der Waals surface area contributed by atoms with Crippen LogP contribution in [0.4, 0.5) is 0 Å². The van der Waals surface area contributed by atoms with Gasteiger partial charge in [0.2, 0.25) is 0 Å². The maximum Gasteiger partial charge on any atom is 0.0480 e. The summed E-state index contributed by atoms with van der Waals surface area (Å²) >= 11 is 0. The van der Waals surface area contributed by atoms with Crippen LogP contribution in [0.2, 0.25) is 0 Å². The van der Waals surface area contributed by atoms with Gasteiger partial charge < -0.3 is 10.5 Å². The van der Waals surface area contributed by atoms with Gasteiger partial charge in [0.25, 0.3) is 0 Å². The van der Waals surface area contributed by atoms with Crippen molar-refractivity contribution in [3.63, 3.8) is 0 Å². The van der Waals surface area contributed by atoms with Gasteiger partial charge in [-0.3, -0.25) is 0 Å². The molecule has 0 radical (unpaired) electrons. The Kier molecular flexibility index (Phi) is 6.37. The smallest absolute Gasteiger partial charge is 0.0480 e. The van der Waals surface area contributed by atoms with Crippen molar-refractivity contribution in [2.75, 3.05) is 13.2 Å². The minimum Gasteiger partial charge on any atom is -0.381 e. The third kappa shape index (κ3) is 4.42. The van der Waals surface area contributed by atoms with Crippen LogP contribution in [0.25, 0.3) is 0 Å². The van der Waals surface area contributed by atoms with Crippen molar-refractivity contribution in [2.24, 2.45) is 23.5 Å². The highest BCUT2D eigenvalue weighted by Crippen LogP contribution is 2.35. The molecule has 2 nitrogen and oxygen atoms in total. The third-order valence-electron chi connectivity index (χ3n) is 4.19. The number of ether oxygens (including phenoxy) is 1. The van der Waals surface area contributed by atoms with Gasteiger partial charge in [-0.2, -0.15) is 0 Å². The van der Waals surface area contributed by atoms with E-state index in [9.17, 15) is 0 Å². The van der Waals surface area contributed by atoms with Crippen LogP contribution in [0.1, 0.15) is 52.9 Å². The lowest BCUT2D eigenvalue weighted by molar-refractivity contribution is 0.111. The summed E-state index contributed by atoms with van der Waals surface area (Å²) in [6, 6.07) is 0.354. The van der Waals surface area contributed by atoms with Gasteiger partial charge in [0, 0.05) is 19.3 Å². The number of hydrogen-bond donors (Lipinski definition) is 1. The first kappa shape index (κ1) is 14.0. The molecule has 0 aromatic carbocycles. The molecular formula is C14H29NO. The number of nitrogens with two attached hydrogens (primary N) is 1. The van der Waals surface area contributed by atoms with Crippen LogP contribution >= 0.6 is 0 Å². The minimum absolute atomic E-state index is 0.354. The van der Waals surface area contributed by atoms with Gasteiger partial charge in [-0.15, -0.1) is 0 Å². The lowest BCUT2D eigenvalue weighted by atomic mass is 9.73. The van der Waals surface area contributed by atoms with E-state index in [1.165, 1.54) is 19.3 Å². The van der Waals surface area contributed by atoms with Crippen LogP contribution in [-0.2, 0) is 4.74 Å². The van der Waals surface area contributed by atoms with Crippen molar-refractivity contribution in [3.05, 3.63) is 0 Å². The van der Waals surface area contributed by atoms with Gasteiger partial charge >= 0.3 is 0 Å². The van der Waals surface area contributed by atoms with Crippen LogP contribution in [-0.4, -0.2) is 19.3 Å². The van der Waals surface area contributed by atoms with Crippen molar-refractivity contribution in [3.8, 4) is 0 Å². The Morgan fingerprint density at radius 1 is 1.19 bits per heavy atom. The zero-order valence-electron chi connectivity index (χ0n) is 11.2. The molecule has 2 N–H and O–H groups in total. The van der Waals surface area contributed by atoms with E-state index in [1.807, 2.05) is 0 Å². The normalized spacial score (nSPS) is 32.6. The highest BCUT2D eigenvalue weighted by atomic mass is 16.5. The predicted molar refractivity (Wildman–Crippen MR) is 69.4 cm³/mol. The highest BCUT2D eigenvalue weighted by Gasteiger charge is 2.28. The van der Waals surface area contributed by atoms with E-state index >= 15 is 0 Å². The Hall–Kier alpha value is -0.0800. The van der Waals surface area contributed by atoms with Crippen molar-refractivity contribution in [2.45, 2.75) is 58.9 Å². The Bertz CT molecular complexity index is 184. The summed E-state index contributed by atoms with van der Waals surface area (Å²) in [6.45, 7) is 8.61. The molecule has 0 spiro atoms. The first-order valence-electron chi connectivity index (χ1n) is 6.98. The fraction of sp³-hybridized carbons (Fsp3) is 1.00. The molecule has 96 valence electrons. The molecular weight excluding hydrogens is 198 g/mol. The van der Waals surface area contributed by atoms with Gasteiger partial charge in [0.15, 0.2) is 0 Å². The van der Waals surface area contributed by atoms with Crippen LogP contribution < -0.4 is 5.73 Å². The Morgan fingerprint density at radius 2 is 1.94 bits per heavy atom. The molecule has 16 heavy (non-hydrogen) atoms. The monoisotopic (exact) mass is 227 g/mol. The molecule has 1 saturated carbocycles. The van der Waals surface area contributed by atoms with Crippen LogP contribution in [0.15, 0.2) is 0 Å². The second kappa shape index (κ2) is 7.29. The van der Waals surface area contributed by atoms with Crippen LogP contribution in [0.3, 0.4) is 0 Å². The predicted octanol–water partition coefficient (Wildman–Crippen LogP) is 3.20. The summed E-state index contributed by atoms with van der Waals surface area (Å²) in [5, 5.41) is 0. The SMILES string of the molecule is CCCOCCC(N)C1CCC(C)C(C)C1. The molecule has 4 atom stereocenters. The Balaban J connectivity index is 2.18. The zero-order valence-corrected chi connectivity index (χ0v) is 11.2. The van der Waals surface area contributed by atoms with Gasteiger partial charge in [-0.1, -0.05) is 27.2 Å². The van der Waals surface area contributed by atoms with E-state index < -0.39 is 0 Å². The maximum atomic E-state index is 6.26. The standard InChI is InChI=1S/C14H29NO/c1-4-8-16-9-7-14(15)13-6-5-11(2)12(3)10-13/h11-14H,4-10,15H2,1-3H3.